The van der Waals surface area contributed by atoms with Gasteiger partial charge in [0.05, 0.1) is 0 Å². The Morgan fingerprint density at radius 2 is 0.710 bits per heavy atom. The normalized spacial score (nSPS) is 42.4. The number of hydrogen-bond acceptors (Lipinski definition) is 0. The fourth-order valence-electron chi connectivity index (χ4n) is 8.78. The predicted octanol–water partition coefficient (Wildman–Crippen LogP) is 10.2. The van der Waals surface area contributed by atoms with E-state index in [4.69, 9.17) is 0 Å². The predicted molar refractivity (Wildman–Crippen MR) is 136 cm³/mol. The van der Waals surface area contributed by atoms with E-state index in [-0.39, 0.29) is 0 Å². The van der Waals surface area contributed by atoms with Gasteiger partial charge >= 0.3 is 0 Å². The highest BCUT2D eigenvalue weighted by atomic mass is 14.4. The third-order valence-corrected chi connectivity index (χ3v) is 11.0. The first kappa shape index (κ1) is 24.1. The molecule has 4 saturated carbocycles. The van der Waals surface area contributed by atoms with Crippen molar-refractivity contribution in [2.45, 2.75) is 149 Å². The SMILES string of the molecule is CCC1CCC(CC2CCC(CC3CCC(CC4CCCCC4CC)CC3)CC2)CC1. The Hall–Kier alpha value is 0. The van der Waals surface area contributed by atoms with E-state index in [0.717, 1.165) is 47.3 Å². The molecule has 0 aromatic carbocycles. The standard InChI is InChI=1S/C31H56/c1-3-24-9-11-25(12-10-24)21-26-13-15-27(16-14-26)22-28-17-19-29(20-18-28)23-31-8-6-5-7-30(31)4-2/h24-31H,3-23H2,1-2H3. The van der Waals surface area contributed by atoms with Crippen molar-refractivity contribution in [3.05, 3.63) is 0 Å². The van der Waals surface area contributed by atoms with Gasteiger partial charge in [-0.15, -0.1) is 0 Å². The van der Waals surface area contributed by atoms with Gasteiger partial charge in [0, 0.05) is 0 Å². The molecule has 4 aliphatic carbocycles. The minimum Gasteiger partial charge on any atom is -0.0651 e. The summed E-state index contributed by atoms with van der Waals surface area (Å²) in [5, 5.41) is 0. The fourth-order valence-corrected chi connectivity index (χ4v) is 8.78. The van der Waals surface area contributed by atoms with Crippen molar-refractivity contribution >= 4 is 0 Å². The molecule has 4 fully saturated rings. The second kappa shape index (κ2) is 12.5. The van der Waals surface area contributed by atoms with Crippen LogP contribution in [0.3, 0.4) is 0 Å². The third-order valence-electron chi connectivity index (χ3n) is 11.0. The van der Waals surface area contributed by atoms with Crippen molar-refractivity contribution in [3.8, 4) is 0 Å². The average Bonchev–Trinajstić information content (AvgIpc) is 2.82. The molecule has 0 nitrogen and oxygen atoms in total. The largest absolute Gasteiger partial charge is 0.0651 e. The van der Waals surface area contributed by atoms with Gasteiger partial charge in [-0.1, -0.05) is 129 Å². The van der Waals surface area contributed by atoms with Crippen LogP contribution in [0.4, 0.5) is 0 Å². The average molecular weight is 429 g/mol. The molecule has 0 saturated heterocycles. The maximum Gasteiger partial charge on any atom is -0.0383 e. The summed E-state index contributed by atoms with van der Waals surface area (Å²) in [5.41, 5.74) is 0. The second-order valence-corrected chi connectivity index (χ2v) is 13.0. The molecule has 4 aliphatic rings. The van der Waals surface area contributed by atoms with Gasteiger partial charge in [0.1, 0.15) is 0 Å². The molecular formula is C31H56. The summed E-state index contributed by atoms with van der Waals surface area (Å²) < 4.78 is 0. The molecule has 0 aromatic rings. The van der Waals surface area contributed by atoms with Crippen LogP contribution in [-0.2, 0) is 0 Å². The van der Waals surface area contributed by atoms with Gasteiger partial charge in [-0.05, 0) is 66.6 Å². The third kappa shape index (κ3) is 7.24. The summed E-state index contributed by atoms with van der Waals surface area (Å²) in [6.07, 6.45) is 32.6. The molecule has 180 valence electrons. The lowest BCUT2D eigenvalue weighted by molar-refractivity contribution is 0.140. The lowest BCUT2D eigenvalue weighted by Gasteiger charge is -2.38. The van der Waals surface area contributed by atoms with Crippen LogP contribution in [-0.4, -0.2) is 0 Å². The van der Waals surface area contributed by atoms with Gasteiger partial charge in [0.2, 0.25) is 0 Å². The number of hydrogen-bond donors (Lipinski definition) is 0. The maximum absolute atomic E-state index is 2.45. The second-order valence-electron chi connectivity index (χ2n) is 13.0. The van der Waals surface area contributed by atoms with Crippen LogP contribution < -0.4 is 0 Å². The first-order valence-corrected chi connectivity index (χ1v) is 15.2. The van der Waals surface area contributed by atoms with Crippen molar-refractivity contribution in [3.63, 3.8) is 0 Å². The maximum atomic E-state index is 2.45. The Morgan fingerprint density at radius 3 is 1.10 bits per heavy atom. The lowest BCUT2D eigenvalue weighted by Crippen LogP contribution is -2.25. The van der Waals surface area contributed by atoms with Crippen LogP contribution in [0, 0.1) is 47.3 Å². The molecule has 0 amide bonds. The summed E-state index contributed by atoms with van der Waals surface area (Å²) >= 11 is 0. The smallest absolute Gasteiger partial charge is 0.0383 e. The van der Waals surface area contributed by atoms with E-state index in [1.807, 2.05) is 0 Å². The van der Waals surface area contributed by atoms with E-state index in [0.29, 0.717) is 0 Å². The van der Waals surface area contributed by atoms with Crippen molar-refractivity contribution < 1.29 is 0 Å². The zero-order chi connectivity index (χ0) is 21.5. The van der Waals surface area contributed by atoms with E-state index in [1.165, 1.54) is 25.7 Å². The molecule has 0 N–H and O–H groups in total. The minimum atomic E-state index is 1.07. The van der Waals surface area contributed by atoms with E-state index < -0.39 is 0 Å². The summed E-state index contributed by atoms with van der Waals surface area (Å²) in [5.74, 6) is 8.70. The van der Waals surface area contributed by atoms with E-state index >= 15 is 0 Å². The molecule has 0 radical (unpaired) electrons. The van der Waals surface area contributed by atoms with Crippen molar-refractivity contribution in [2.24, 2.45) is 47.3 Å². The van der Waals surface area contributed by atoms with Crippen molar-refractivity contribution in [2.75, 3.05) is 0 Å². The van der Waals surface area contributed by atoms with Gasteiger partial charge < -0.3 is 0 Å². The summed E-state index contributed by atoms with van der Waals surface area (Å²) in [6.45, 7) is 4.85. The Kier molecular flexibility index (Phi) is 9.70. The summed E-state index contributed by atoms with van der Waals surface area (Å²) in [6, 6.07) is 0. The van der Waals surface area contributed by atoms with Gasteiger partial charge in [-0.3, -0.25) is 0 Å². The highest BCUT2D eigenvalue weighted by Crippen LogP contribution is 2.44. The first-order chi connectivity index (χ1) is 15.2. The van der Waals surface area contributed by atoms with Gasteiger partial charge in [0.25, 0.3) is 0 Å². The van der Waals surface area contributed by atoms with E-state index in [9.17, 15) is 0 Å². The van der Waals surface area contributed by atoms with Gasteiger partial charge in [0.15, 0.2) is 0 Å². The molecule has 0 heteroatoms. The quantitative estimate of drug-likeness (QED) is 0.360. The molecule has 2 atom stereocenters. The Labute approximate surface area is 196 Å². The topological polar surface area (TPSA) is 0 Å². The molecule has 2 unspecified atom stereocenters. The zero-order valence-electron chi connectivity index (χ0n) is 21.5. The van der Waals surface area contributed by atoms with Crippen LogP contribution in [0.2, 0.25) is 0 Å². The van der Waals surface area contributed by atoms with Crippen LogP contribution in [0.15, 0.2) is 0 Å². The Balaban J connectivity index is 1.09. The highest BCUT2D eigenvalue weighted by Gasteiger charge is 2.31. The summed E-state index contributed by atoms with van der Waals surface area (Å²) in [7, 11) is 0. The monoisotopic (exact) mass is 428 g/mol. The zero-order valence-corrected chi connectivity index (χ0v) is 21.5. The van der Waals surface area contributed by atoms with E-state index in [1.54, 1.807) is 109 Å². The van der Waals surface area contributed by atoms with Crippen LogP contribution >= 0.6 is 0 Å². The molecule has 0 heterocycles. The molecule has 0 spiro atoms. The lowest BCUT2D eigenvalue weighted by atomic mass is 9.68. The van der Waals surface area contributed by atoms with Crippen molar-refractivity contribution in [1.29, 1.82) is 0 Å². The fraction of sp³-hybridized carbons (Fsp3) is 1.00. The van der Waals surface area contributed by atoms with Crippen LogP contribution in [0.1, 0.15) is 149 Å². The first-order valence-electron chi connectivity index (χ1n) is 15.2. The Morgan fingerprint density at radius 1 is 0.355 bits per heavy atom. The number of rotatable bonds is 8. The summed E-state index contributed by atoms with van der Waals surface area (Å²) in [4.78, 5) is 0. The minimum absolute atomic E-state index is 1.07. The van der Waals surface area contributed by atoms with Crippen molar-refractivity contribution in [1.82, 2.24) is 0 Å². The molecule has 31 heavy (non-hydrogen) atoms. The molecule has 0 aromatic heterocycles. The molecule has 0 aliphatic heterocycles. The molecular weight excluding hydrogens is 372 g/mol. The Bertz CT molecular complexity index is 470. The molecule has 0 bridgehead atoms. The van der Waals surface area contributed by atoms with Crippen LogP contribution in [0.5, 0.6) is 0 Å². The van der Waals surface area contributed by atoms with Gasteiger partial charge in [-0.25, -0.2) is 0 Å². The van der Waals surface area contributed by atoms with Gasteiger partial charge in [-0.2, -0.15) is 0 Å². The highest BCUT2D eigenvalue weighted by molar-refractivity contribution is 4.83. The van der Waals surface area contributed by atoms with Crippen LogP contribution in [0.25, 0.3) is 0 Å². The van der Waals surface area contributed by atoms with E-state index in [2.05, 4.69) is 13.8 Å². The molecule has 4 rings (SSSR count).